The number of hydrogen-bond acceptors (Lipinski definition) is 3. The number of carboxylic acids is 1. The molecular weight excluding hydrogens is 220 g/mol. The van der Waals surface area contributed by atoms with Crippen LogP contribution in [-0.4, -0.2) is 17.2 Å². The van der Waals surface area contributed by atoms with Crippen LogP contribution in [0.15, 0.2) is 16.5 Å². The van der Waals surface area contributed by atoms with E-state index in [0.717, 1.165) is 37.2 Å². The molecule has 1 aromatic rings. The number of carboxylic acid groups (broad SMARTS) is 1. The number of hydrogen-bond donors (Lipinski definition) is 1. The Morgan fingerprint density at radius 1 is 1.41 bits per heavy atom. The third-order valence-corrected chi connectivity index (χ3v) is 3.28. The van der Waals surface area contributed by atoms with Crippen LogP contribution in [0.25, 0.3) is 0 Å². The van der Waals surface area contributed by atoms with Gasteiger partial charge in [-0.2, -0.15) is 0 Å². The van der Waals surface area contributed by atoms with Crippen molar-refractivity contribution in [2.24, 2.45) is 5.92 Å². The van der Waals surface area contributed by atoms with E-state index in [1.165, 1.54) is 0 Å². The van der Waals surface area contributed by atoms with Gasteiger partial charge in [0.15, 0.2) is 0 Å². The monoisotopic (exact) mass is 238 g/mol. The molecule has 4 heteroatoms. The summed E-state index contributed by atoms with van der Waals surface area (Å²) in [6, 6.07) is 3.83. The van der Waals surface area contributed by atoms with Crippen LogP contribution >= 0.6 is 0 Å². The highest BCUT2D eigenvalue weighted by Gasteiger charge is 2.26. The summed E-state index contributed by atoms with van der Waals surface area (Å²) in [5.41, 5.74) is 0. The van der Waals surface area contributed by atoms with Crippen molar-refractivity contribution in [2.75, 3.05) is 0 Å². The van der Waals surface area contributed by atoms with Crippen LogP contribution in [0.5, 0.6) is 0 Å². The molecule has 0 atom stereocenters. The fourth-order valence-corrected chi connectivity index (χ4v) is 2.24. The summed E-state index contributed by atoms with van der Waals surface area (Å²) in [7, 11) is 0. The first kappa shape index (κ1) is 12.2. The van der Waals surface area contributed by atoms with Crippen LogP contribution in [0.2, 0.25) is 0 Å². The molecule has 1 saturated carbocycles. The average Bonchev–Trinajstić information content (AvgIpc) is 2.73. The summed E-state index contributed by atoms with van der Waals surface area (Å²) in [6.45, 7) is 2.39. The highest BCUT2D eigenvalue weighted by molar-refractivity contribution is 5.70. The molecular formula is C13H18O4. The smallest absolute Gasteiger partial charge is 0.306 e. The fourth-order valence-electron chi connectivity index (χ4n) is 2.24. The van der Waals surface area contributed by atoms with Crippen LogP contribution in [0.1, 0.15) is 37.2 Å². The molecule has 0 spiro atoms. The maximum absolute atomic E-state index is 10.8. The second kappa shape index (κ2) is 5.36. The van der Waals surface area contributed by atoms with Gasteiger partial charge in [0.05, 0.1) is 12.0 Å². The quantitative estimate of drug-likeness (QED) is 0.876. The van der Waals surface area contributed by atoms with Gasteiger partial charge in [0.1, 0.15) is 18.1 Å². The molecule has 1 aliphatic carbocycles. The Balaban J connectivity index is 1.73. The molecule has 1 fully saturated rings. The normalized spacial score (nSPS) is 24.8. The first-order valence-corrected chi connectivity index (χ1v) is 6.05. The highest BCUT2D eigenvalue weighted by Crippen LogP contribution is 2.27. The van der Waals surface area contributed by atoms with E-state index in [1.807, 2.05) is 19.1 Å². The van der Waals surface area contributed by atoms with Gasteiger partial charge in [-0.1, -0.05) is 0 Å². The first-order chi connectivity index (χ1) is 8.15. The van der Waals surface area contributed by atoms with Crippen molar-refractivity contribution in [3.05, 3.63) is 23.7 Å². The zero-order valence-corrected chi connectivity index (χ0v) is 10.0. The summed E-state index contributed by atoms with van der Waals surface area (Å²) in [6.07, 6.45) is 3.28. The maximum Gasteiger partial charge on any atom is 0.306 e. The number of aliphatic carboxylic acids is 1. The number of ether oxygens (including phenoxy) is 1. The van der Waals surface area contributed by atoms with Crippen LogP contribution in [0.3, 0.4) is 0 Å². The lowest BCUT2D eigenvalue weighted by molar-refractivity contribution is -0.144. The molecule has 0 aliphatic heterocycles. The van der Waals surface area contributed by atoms with E-state index in [4.69, 9.17) is 14.3 Å². The summed E-state index contributed by atoms with van der Waals surface area (Å²) in [5.74, 6) is 0.867. The molecule has 1 heterocycles. The Hall–Kier alpha value is -1.29. The van der Waals surface area contributed by atoms with E-state index in [2.05, 4.69) is 0 Å². The Morgan fingerprint density at radius 3 is 2.65 bits per heavy atom. The SMILES string of the molecule is Cc1ccc(COC2CCC(C(=O)O)CC2)o1. The molecule has 17 heavy (non-hydrogen) atoms. The summed E-state index contributed by atoms with van der Waals surface area (Å²) in [5, 5.41) is 8.88. The van der Waals surface area contributed by atoms with Crippen molar-refractivity contribution in [1.82, 2.24) is 0 Å². The van der Waals surface area contributed by atoms with E-state index in [-0.39, 0.29) is 12.0 Å². The zero-order valence-electron chi connectivity index (χ0n) is 10.0. The van der Waals surface area contributed by atoms with Gasteiger partial charge in [-0.3, -0.25) is 4.79 Å². The highest BCUT2D eigenvalue weighted by atomic mass is 16.5. The van der Waals surface area contributed by atoms with E-state index < -0.39 is 5.97 Å². The van der Waals surface area contributed by atoms with Gasteiger partial charge in [0.2, 0.25) is 0 Å². The minimum absolute atomic E-state index is 0.177. The Kier molecular flexibility index (Phi) is 3.84. The molecule has 1 N–H and O–H groups in total. The number of rotatable bonds is 4. The number of furan rings is 1. The fraction of sp³-hybridized carbons (Fsp3) is 0.615. The predicted molar refractivity (Wildman–Crippen MR) is 61.6 cm³/mol. The van der Waals surface area contributed by atoms with E-state index in [1.54, 1.807) is 0 Å². The second-order valence-electron chi connectivity index (χ2n) is 4.64. The van der Waals surface area contributed by atoms with E-state index >= 15 is 0 Å². The van der Waals surface area contributed by atoms with Crippen molar-refractivity contribution in [1.29, 1.82) is 0 Å². The van der Waals surface area contributed by atoms with Gasteiger partial charge in [-0.05, 0) is 44.7 Å². The molecule has 94 valence electrons. The second-order valence-corrected chi connectivity index (χ2v) is 4.64. The van der Waals surface area contributed by atoms with Crippen molar-refractivity contribution in [2.45, 2.75) is 45.3 Å². The number of carbonyl (C=O) groups is 1. The van der Waals surface area contributed by atoms with Crippen molar-refractivity contribution in [3.63, 3.8) is 0 Å². The molecule has 2 rings (SSSR count). The van der Waals surface area contributed by atoms with Gasteiger partial charge < -0.3 is 14.3 Å². The molecule has 0 aromatic carbocycles. The summed E-state index contributed by atoms with van der Waals surface area (Å²) < 4.78 is 11.1. The lowest BCUT2D eigenvalue weighted by Crippen LogP contribution is -2.25. The van der Waals surface area contributed by atoms with Crippen LogP contribution in [0.4, 0.5) is 0 Å². The van der Waals surface area contributed by atoms with Crippen molar-refractivity contribution < 1.29 is 19.1 Å². The number of aryl methyl sites for hydroxylation is 1. The van der Waals surface area contributed by atoms with E-state index in [9.17, 15) is 4.79 Å². The van der Waals surface area contributed by atoms with Gasteiger partial charge in [0, 0.05) is 0 Å². The van der Waals surface area contributed by atoms with Gasteiger partial charge in [0.25, 0.3) is 0 Å². The topological polar surface area (TPSA) is 59.7 Å². The summed E-state index contributed by atoms with van der Waals surface area (Å²) >= 11 is 0. The lowest BCUT2D eigenvalue weighted by atomic mass is 9.87. The van der Waals surface area contributed by atoms with Crippen molar-refractivity contribution >= 4 is 5.97 Å². The molecule has 0 radical (unpaired) electrons. The van der Waals surface area contributed by atoms with Crippen LogP contribution in [0, 0.1) is 12.8 Å². The maximum atomic E-state index is 10.8. The average molecular weight is 238 g/mol. The molecule has 0 unspecified atom stereocenters. The van der Waals surface area contributed by atoms with Gasteiger partial charge >= 0.3 is 5.97 Å². The first-order valence-electron chi connectivity index (χ1n) is 6.05. The molecule has 0 amide bonds. The van der Waals surface area contributed by atoms with Gasteiger partial charge in [-0.15, -0.1) is 0 Å². The van der Waals surface area contributed by atoms with Crippen molar-refractivity contribution in [3.8, 4) is 0 Å². The largest absolute Gasteiger partial charge is 0.481 e. The minimum Gasteiger partial charge on any atom is -0.481 e. The zero-order chi connectivity index (χ0) is 12.3. The minimum atomic E-state index is -0.676. The summed E-state index contributed by atoms with van der Waals surface area (Å²) in [4.78, 5) is 10.8. The predicted octanol–water partition coefficient (Wildman–Crippen LogP) is 2.75. The molecule has 1 aliphatic rings. The third kappa shape index (κ3) is 3.33. The molecule has 0 saturated heterocycles. The molecule has 1 aromatic heterocycles. The third-order valence-electron chi connectivity index (χ3n) is 3.28. The molecule has 0 bridgehead atoms. The standard InChI is InChI=1S/C13H18O4/c1-9-2-5-12(17-9)8-16-11-6-3-10(4-7-11)13(14)15/h2,5,10-11H,3-4,6-8H2,1H3,(H,14,15). The van der Waals surface area contributed by atoms with Crippen LogP contribution in [-0.2, 0) is 16.1 Å². The van der Waals surface area contributed by atoms with Crippen LogP contribution < -0.4 is 0 Å². The lowest BCUT2D eigenvalue weighted by Gasteiger charge is -2.25. The Bertz CT molecular complexity index is 375. The Morgan fingerprint density at radius 2 is 2.12 bits per heavy atom. The molecule has 4 nitrogen and oxygen atoms in total. The Labute approximate surface area is 101 Å². The van der Waals surface area contributed by atoms with Gasteiger partial charge in [-0.25, -0.2) is 0 Å². The van der Waals surface area contributed by atoms with E-state index in [0.29, 0.717) is 6.61 Å².